The Hall–Kier alpha value is -1.68. The quantitative estimate of drug-likeness (QED) is 0.521. The van der Waals surface area contributed by atoms with Crippen LogP contribution in [0.5, 0.6) is 0 Å². The fourth-order valence-corrected chi connectivity index (χ4v) is 3.79. The molecule has 0 aliphatic rings. The standard InChI is InChI=1S/C15H13FINO4S/c1-22-15(19)10-18(13-4-2-3-12(17)9-13)23(20,21)14-7-5-11(16)6-8-14/h2-9H,10H2,1H3. The lowest BCUT2D eigenvalue weighted by Crippen LogP contribution is -2.36. The van der Waals surface area contributed by atoms with Crippen LogP contribution in [0.3, 0.4) is 0 Å². The van der Waals surface area contributed by atoms with Crippen LogP contribution >= 0.6 is 22.6 Å². The Balaban J connectivity index is 2.51. The second kappa shape index (κ2) is 7.26. The summed E-state index contributed by atoms with van der Waals surface area (Å²) in [6, 6.07) is 11.1. The van der Waals surface area contributed by atoms with E-state index in [4.69, 9.17) is 0 Å². The SMILES string of the molecule is COC(=O)CN(c1cccc(I)c1)S(=O)(=O)c1ccc(F)cc1. The summed E-state index contributed by atoms with van der Waals surface area (Å²) in [5.74, 6) is -1.24. The molecule has 0 saturated heterocycles. The van der Waals surface area contributed by atoms with Crippen LogP contribution in [0.25, 0.3) is 0 Å². The monoisotopic (exact) mass is 449 g/mol. The van der Waals surface area contributed by atoms with Crippen molar-refractivity contribution in [3.05, 3.63) is 57.9 Å². The lowest BCUT2D eigenvalue weighted by Gasteiger charge is -2.23. The van der Waals surface area contributed by atoms with Gasteiger partial charge < -0.3 is 4.74 Å². The molecule has 8 heteroatoms. The lowest BCUT2D eigenvalue weighted by atomic mass is 10.3. The third kappa shape index (κ3) is 4.20. The van der Waals surface area contributed by atoms with Crippen molar-refractivity contribution < 1.29 is 22.3 Å². The molecule has 122 valence electrons. The van der Waals surface area contributed by atoms with E-state index in [1.807, 2.05) is 22.6 Å². The molecule has 2 aromatic rings. The van der Waals surface area contributed by atoms with Crippen molar-refractivity contribution in [1.82, 2.24) is 0 Å². The van der Waals surface area contributed by atoms with E-state index in [0.717, 1.165) is 32.1 Å². The third-order valence-electron chi connectivity index (χ3n) is 3.00. The van der Waals surface area contributed by atoms with Crippen LogP contribution in [0.2, 0.25) is 0 Å². The number of benzene rings is 2. The zero-order chi connectivity index (χ0) is 17.0. The topological polar surface area (TPSA) is 63.7 Å². The molecule has 0 saturated carbocycles. The first kappa shape index (κ1) is 17.7. The maximum absolute atomic E-state index is 13.0. The molecule has 0 aromatic heterocycles. The van der Waals surface area contributed by atoms with E-state index in [1.165, 1.54) is 7.11 Å². The summed E-state index contributed by atoms with van der Waals surface area (Å²) < 4.78 is 45.0. The summed E-state index contributed by atoms with van der Waals surface area (Å²) in [7, 11) is -2.85. The lowest BCUT2D eigenvalue weighted by molar-refractivity contribution is -0.138. The Morgan fingerprint density at radius 3 is 2.43 bits per heavy atom. The van der Waals surface area contributed by atoms with Crippen molar-refractivity contribution in [1.29, 1.82) is 0 Å². The van der Waals surface area contributed by atoms with Crippen molar-refractivity contribution in [2.75, 3.05) is 18.0 Å². The summed E-state index contributed by atoms with van der Waals surface area (Å²) in [6.45, 7) is -0.476. The van der Waals surface area contributed by atoms with Crippen molar-refractivity contribution in [2.45, 2.75) is 4.90 Å². The molecule has 5 nitrogen and oxygen atoms in total. The van der Waals surface area contributed by atoms with Gasteiger partial charge in [0.25, 0.3) is 10.0 Å². The van der Waals surface area contributed by atoms with Gasteiger partial charge in [0.15, 0.2) is 0 Å². The molecule has 0 aliphatic heterocycles. The molecule has 2 aromatic carbocycles. The Labute approximate surface area is 147 Å². The number of carbonyl (C=O) groups excluding carboxylic acids is 1. The largest absolute Gasteiger partial charge is 0.468 e. The molecule has 0 unspecified atom stereocenters. The normalized spacial score (nSPS) is 11.1. The highest BCUT2D eigenvalue weighted by Gasteiger charge is 2.27. The predicted molar refractivity (Wildman–Crippen MR) is 92.1 cm³/mol. The minimum Gasteiger partial charge on any atom is -0.468 e. The van der Waals surface area contributed by atoms with Crippen molar-refractivity contribution in [2.24, 2.45) is 0 Å². The molecule has 0 N–H and O–H groups in total. The highest BCUT2D eigenvalue weighted by molar-refractivity contribution is 14.1. The van der Waals surface area contributed by atoms with E-state index < -0.39 is 28.4 Å². The molecule has 0 spiro atoms. The van der Waals surface area contributed by atoms with E-state index >= 15 is 0 Å². The number of halogens is 2. The Kier molecular flexibility index (Phi) is 5.58. The Morgan fingerprint density at radius 2 is 1.87 bits per heavy atom. The van der Waals surface area contributed by atoms with Gasteiger partial charge in [-0.25, -0.2) is 12.8 Å². The van der Waals surface area contributed by atoms with Crippen LogP contribution in [-0.2, 0) is 19.6 Å². The van der Waals surface area contributed by atoms with Gasteiger partial charge in [-0.15, -0.1) is 0 Å². The highest BCUT2D eigenvalue weighted by atomic mass is 127. The van der Waals surface area contributed by atoms with Crippen molar-refractivity contribution in [3.63, 3.8) is 0 Å². The van der Waals surface area contributed by atoms with Gasteiger partial charge in [0.05, 0.1) is 17.7 Å². The van der Waals surface area contributed by atoms with Gasteiger partial charge in [0.1, 0.15) is 12.4 Å². The minimum atomic E-state index is -4.03. The van der Waals surface area contributed by atoms with E-state index in [9.17, 15) is 17.6 Å². The van der Waals surface area contributed by atoms with Crippen molar-refractivity contribution >= 4 is 44.3 Å². The second-order valence-corrected chi connectivity index (χ2v) is 7.63. The zero-order valence-electron chi connectivity index (χ0n) is 12.1. The van der Waals surface area contributed by atoms with E-state index in [2.05, 4.69) is 4.74 Å². The first-order valence-corrected chi connectivity index (χ1v) is 8.97. The predicted octanol–water partition coefficient (Wildman–Crippen LogP) is 2.80. The Morgan fingerprint density at radius 1 is 1.22 bits per heavy atom. The molecule has 0 bridgehead atoms. The van der Waals surface area contributed by atoms with Crippen LogP contribution in [-0.4, -0.2) is 28.0 Å². The number of anilines is 1. The summed E-state index contributed by atoms with van der Waals surface area (Å²) in [5, 5.41) is 0. The molecular formula is C15H13FINO4S. The Bertz CT molecular complexity index is 808. The molecule has 0 radical (unpaired) electrons. The fourth-order valence-electron chi connectivity index (χ4n) is 1.86. The summed E-state index contributed by atoms with van der Waals surface area (Å²) in [6.07, 6.45) is 0. The maximum atomic E-state index is 13.0. The van der Waals surface area contributed by atoms with Gasteiger partial charge in [-0.1, -0.05) is 6.07 Å². The number of ether oxygens (including phenoxy) is 1. The van der Waals surface area contributed by atoms with E-state index in [0.29, 0.717) is 5.69 Å². The van der Waals surface area contributed by atoms with E-state index in [-0.39, 0.29) is 4.90 Å². The first-order chi connectivity index (χ1) is 10.8. The molecule has 0 atom stereocenters. The maximum Gasteiger partial charge on any atom is 0.326 e. The fraction of sp³-hybridized carbons (Fsp3) is 0.133. The summed E-state index contributed by atoms with van der Waals surface area (Å²) in [5.41, 5.74) is 0.326. The highest BCUT2D eigenvalue weighted by Crippen LogP contribution is 2.25. The first-order valence-electron chi connectivity index (χ1n) is 6.45. The van der Waals surface area contributed by atoms with Crippen LogP contribution < -0.4 is 4.31 Å². The molecule has 23 heavy (non-hydrogen) atoms. The van der Waals surface area contributed by atoms with Crippen molar-refractivity contribution in [3.8, 4) is 0 Å². The zero-order valence-corrected chi connectivity index (χ0v) is 15.0. The van der Waals surface area contributed by atoms with Gasteiger partial charge in [-0.05, 0) is 65.1 Å². The molecule has 2 rings (SSSR count). The number of carbonyl (C=O) groups is 1. The number of nitrogens with zero attached hydrogens (tertiary/aromatic N) is 1. The molecule has 0 heterocycles. The van der Waals surface area contributed by atoms with Crippen LogP contribution in [0, 0.1) is 9.39 Å². The van der Waals surface area contributed by atoms with Crippen LogP contribution in [0.15, 0.2) is 53.4 Å². The average Bonchev–Trinajstić information content (AvgIpc) is 2.52. The molecule has 0 aliphatic carbocycles. The number of sulfonamides is 1. The smallest absolute Gasteiger partial charge is 0.326 e. The number of rotatable bonds is 5. The number of hydrogen-bond donors (Lipinski definition) is 0. The number of hydrogen-bond acceptors (Lipinski definition) is 4. The number of methoxy groups -OCH3 is 1. The average molecular weight is 449 g/mol. The van der Waals surface area contributed by atoms with Gasteiger partial charge in [0.2, 0.25) is 0 Å². The third-order valence-corrected chi connectivity index (χ3v) is 5.46. The van der Waals surface area contributed by atoms with Gasteiger partial charge in [0, 0.05) is 3.57 Å². The molecule has 0 fully saturated rings. The summed E-state index contributed by atoms with van der Waals surface area (Å²) in [4.78, 5) is 11.5. The second-order valence-electron chi connectivity index (χ2n) is 4.52. The van der Waals surface area contributed by atoms with Crippen LogP contribution in [0.4, 0.5) is 10.1 Å². The minimum absolute atomic E-state index is 0.110. The summed E-state index contributed by atoms with van der Waals surface area (Å²) >= 11 is 2.04. The molecule has 0 amide bonds. The number of esters is 1. The van der Waals surface area contributed by atoms with Gasteiger partial charge in [-0.2, -0.15) is 0 Å². The van der Waals surface area contributed by atoms with Gasteiger partial charge >= 0.3 is 5.97 Å². The molecular weight excluding hydrogens is 436 g/mol. The van der Waals surface area contributed by atoms with Crippen LogP contribution in [0.1, 0.15) is 0 Å². The van der Waals surface area contributed by atoms with E-state index in [1.54, 1.807) is 24.3 Å². The van der Waals surface area contributed by atoms with Gasteiger partial charge in [-0.3, -0.25) is 9.10 Å².